The Hall–Kier alpha value is -1.16. The molecule has 1 aromatic rings. The topological polar surface area (TPSA) is 38.3 Å². The number of carbonyl (C=O) groups excluding carboxylic acids is 1. The lowest BCUT2D eigenvalue weighted by molar-refractivity contribution is 0.0527. The van der Waals surface area contributed by atoms with Crippen LogP contribution in [-0.4, -0.2) is 31.1 Å². The summed E-state index contributed by atoms with van der Waals surface area (Å²) >= 11 is 1.82. The monoisotopic (exact) mass is 253 g/mol. The van der Waals surface area contributed by atoms with E-state index in [-0.39, 0.29) is 5.97 Å². The number of thioether (sulfide) groups is 1. The first-order chi connectivity index (χ1) is 8.29. The SMILES string of the molecule is CCOC(=O)c1ccccc1NCCCSC. The predicted octanol–water partition coefficient (Wildman–Crippen LogP) is 3.03. The lowest BCUT2D eigenvalue weighted by Gasteiger charge is -2.10. The van der Waals surface area contributed by atoms with Gasteiger partial charge in [-0.15, -0.1) is 0 Å². The minimum absolute atomic E-state index is 0.263. The van der Waals surface area contributed by atoms with Gasteiger partial charge in [-0.1, -0.05) is 12.1 Å². The molecular weight excluding hydrogens is 234 g/mol. The van der Waals surface area contributed by atoms with Gasteiger partial charge in [0.25, 0.3) is 0 Å². The van der Waals surface area contributed by atoms with E-state index >= 15 is 0 Å². The van der Waals surface area contributed by atoms with Gasteiger partial charge in [0.05, 0.1) is 12.2 Å². The molecule has 0 fully saturated rings. The van der Waals surface area contributed by atoms with Gasteiger partial charge in [-0.3, -0.25) is 0 Å². The molecule has 1 aromatic carbocycles. The van der Waals surface area contributed by atoms with Gasteiger partial charge in [-0.05, 0) is 37.5 Å². The molecule has 17 heavy (non-hydrogen) atoms. The number of benzene rings is 1. The molecule has 0 amide bonds. The van der Waals surface area contributed by atoms with Gasteiger partial charge in [0.1, 0.15) is 0 Å². The first-order valence-electron chi connectivity index (χ1n) is 5.78. The summed E-state index contributed by atoms with van der Waals surface area (Å²) in [6.45, 7) is 3.09. The van der Waals surface area contributed by atoms with Gasteiger partial charge < -0.3 is 10.1 Å². The Morgan fingerprint density at radius 2 is 2.18 bits per heavy atom. The quantitative estimate of drug-likeness (QED) is 0.599. The summed E-state index contributed by atoms with van der Waals surface area (Å²) in [5.74, 6) is 0.856. The van der Waals surface area contributed by atoms with E-state index < -0.39 is 0 Å². The van der Waals surface area contributed by atoms with Crippen LogP contribution in [0.2, 0.25) is 0 Å². The molecule has 1 rings (SSSR count). The Balaban J connectivity index is 2.61. The van der Waals surface area contributed by atoms with Crippen LogP contribution < -0.4 is 5.32 Å². The fraction of sp³-hybridized carbons (Fsp3) is 0.462. The van der Waals surface area contributed by atoms with Crippen LogP contribution in [0.3, 0.4) is 0 Å². The zero-order chi connectivity index (χ0) is 12.5. The number of hydrogen-bond acceptors (Lipinski definition) is 4. The van der Waals surface area contributed by atoms with Gasteiger partial charge in [-0.2, -0.15) is 11.8 Å². The van der Waals surface area contributed by atoms with Crippen molar-refractivity contribution in [1.29, 1.82) is 0 Å². The molecule has 0 spiro atoms. The molecule has 0 radical (unpaired) electrons. The number of anilines is 1. The first kappa shape index (κ1) is 13.9. The van der Waals surface area contributed by atoms with Crippen molar-refractivity contribution >= 4 is 23.4 Å². The van der Waals surface area contributed by atoms with Crippen molar-refractivity contribution in [1.82, 2.24) is 0 Å². The minimum Gasteiger partial charge on any atom is -0.462 e. The van der Waals surface area contributed by atoms with E-state index in [0.29, 0.717) is 12.2 Å². The molecule has 4 heteroatoms. The Bertz CT molecular complexity index is 355. The Labute approximate surface area is 107 Å². The molecule has 94 valence electrons. The van der Waals surface area contributed by atoms with Crippen LogP contribution in [0, 0.1) is 0 Å². The van der Waals surface area contributed by atoms with Crippen LogP contribution in [0.4, 0.5) is 5.69 Å². The second-order valence-corrected chi connectivity index (χ2v) is 4.52. The van der Waals surface area contributed by atoms with E-state index in [0.717, 1.165) is 24.4 Å². The molecule has 0 unspecified atom stereocenters. The highest BCUT2D eigenvalue weighted by Gasteiger charge is 2.10. The van der Waals surface area contributed by atoms with Gasteiger partial charge >= 0.3 is 5.97 Å². The fourth-order valence-corrected chi connectivity index (χ4v) is 1.90. The van der Waals surface area contributed by atoms with Crippen molar-refractivity contribution in [3.8, 4) is 0 Å². The molecule has 0 heterocycles. The molecule has 0 saturated carbocycles. The maximum atomic E-state index is 11.7. The van der Waals surface area contributed by atoms with E-state index in [1.165, 1.54) is 0 Å². The maximum absolute atomic E-state index is 11.7. The van der Waals surface area contributed by atoms with Crippen molar-refractivity contribution < 1.29 is 9.53 Å². The number of nitrogens with one attached hydrogen (secondary N) is 1. The Morgan fingerprint density at radius 3 is 2.88 bits per heavy atom. The average molecular weight is 253 g/mol. The van der Waals surface area contributed by atoms with Crippen LogP contribution in [0.15, 0.2) is 24.3 Å². The molecule has 0 aliphatic heterocycles. The highest BCUT2D eigenvalue weighted by molar-refractivity contribution is 7.98. The highest BCUT2D eigenvalue weighted by atomic mass is 32.2. The van der Waals surface area contributed by atoms with Crippen molar-refractivity contribution in [3.63, 3.8) is 0 Å². The largest absolute Gasteiger partial charge is 0.462 e. The smallest absolute Gasteiger partial charge is 0.340 e. The van der Waals surface area contributed by atoms with Gasteiger partial charge in [0, 0.05) is 12.2 Å². The minimum atomic E-state index is -0.263. The summed E-state index contributed by atoms with van der Waals surface area (Å²) in [4.78, 5) is 11.7. The van der Waals surface area contributed by atoms with Crippen molar-refractivity contribution in [2.45, 2.75) is 13.3 Å². The summed E-state index contributed by atoms with van der Waals surface area (Å²) in [5.41, 5.74) is 1.46. The Morgan fingerprint density at radius 1 is 1.41 bits per heavy atom. The van der Waals surface area contributed by atoms with Crippen LogP contribution in [-0.2, 0) is 4.74 Å². The number of carbonyl (C=O) groups is 1. The van der Waals surface area contributed by atoms with E-state index in [9.17, 15) is 4.79 Å². The first-order valence-corrected chi connectivity index (χ1v) is 7.18. The molecular formula is C13H19NO2S. The summed E-state index contributed by atoms with van der Waals surface area (Å²) < 4.78 is 5.01. The summed E-state index contributed by atoms with van der Waals surface area (Å²) in [5, 5.41) is 3.27. The fourth-order valence-electron chi connectivity index (χ4n) is 1.46. The van der Waals surface area contributed by atoms with E-state index in [2.05, 4.69) is 11.6 Å². The molecule has 0 aliphatic rings. The molecule has 0 aliphatic carbocycles. The third-order valence-electron chi connectivity index (χ3n) is 2.26. The predicted molar refractivity (Wildman–Crippen MR) is 73.9 cm³/mol. The molecule has 0 saturated heterocycles. The number of para-hydroxylation sites is 1. The van der Waals surface area contributed by atoms with Crippen molar-refractivity contribution in [2.24, 2.45) is 0 Å². The van der Waals surface area contributed by atoms with Gasteiger partial charge in [0.2, 0.25) is 0 Å². The molecule has 1 N–H and O–H groups in total. The van der Waals surface area contributed by atoms with Crippen LogP contribution >= 0.6 is 11.8 Å². The third kappa shape index (κ3) is 4.69. The normalized spacial score (nSPS) is 10.0. The average Bonchev–Trinajstić information content (AvgIpc) is 2.35. The van der Waals surface area contributed by atoms with Gasteiger partial charge in [-0.25, -0.2) is 4.79 Å². The van der Waals surface area contributed by atoms with Crippen LogP contribution in [0.25, 0.3) is 0 Å². The maximum Gasteiger partial charge on any atom is 0.340 e. The molecule has 3 nitrogen and oxygen atoms in total. The second-order valence-electron chi connectivity index (χ2n) is 3.54. The number of esters is 1. The molecule has 0 atom stereocenters. The number of hydrogen-bond donors (Lipinski definition) is 1. The molecule has 0 bridgehead atoms. The van der Waals surface area contributed by atoms with Crippen molar-refractivity contribution in [2.75, 3.05) is 30.5 Å². The summed E-state index contributed by atoms with van der Waals surface area (Å²) in [6, 6.07) is 7.46. The summed E-state index contributed by atoms with van der Waals surface area (Å²) in [6.07, 6.45) is 3.17. The highest BCUT2D eigenvalue weighted by Crippen LogP contribution is 2.16. The lowest BCUT2D eigenvalue weighted by Crippen LogP contribution is -2.10. The second kappa shape index (κ2) is 8.01. The van der Waals surface area contributed by atoms with E-state index in [4.69, 9.17) is 4.74 Å². The Kier molecular flexibility index (Phi) is 6.55. The van der Waals surface area contributed by atoms with Crippen molar-refractivity contribution in [3.05, 3.63) is 29.8 Å². The lowest BCUT2D eigenvalue weighted by atomic mass is 10.2. The van der Waals surface area contributed by atoms with E-state index in [1.54, 1.807) is 6.07 Å². The number of ether oxygens (including phenoxy) is 1. The van der Waals surface area contributed by atoms with Crippen LogP contribution in [0.1, 0.15) is 23.7 Å². The zero-order valence-corrected chi connectivity index (χ0v) is 11.2. The van der Waals surface area contributed by atoms with Crippen LogP contribution in [0.5, 0.6) is 0 Å². The third-order valence-corrected chi connectivity index (χ3v) is 2.96. The zero-order valence-electron chi connectivity index (χ0n) is 10.4. The van der Waals surface area contributed by atoms with E-state index in [1.807, 2.05) is 36.9 Å². The standard InChI is InChI=1S/C13H19NO2S/c1-3-16-13(15)11-7-4-5-8-12(11)14-9-6-10-17-2/h4-5,7-8,14H,3,6,9-10H2,1-2H3. The van der Waals surface area contributed by atoms with Gasteiger partial charge in [0.15, 0.2) is 0 Å². The number of rotatable bonds is 7. The molecule has 0 aromatic heterocycles. The summed E-state index contributed by atoms with van der Waals surface area (Å²) in [7, 11) is 0.